The molecule has 23 heavy (non-hydrogen) atoms. The Morgan fingerprint density at radius 2 is 1.87 bits per heavy atom. The summed E-state index contributed by atoms with van der Waals surface area (Å²) >= 11 is 0. The van der Waals surface area contributed by atoms with E-state index in [-0.39, 0.29) is 30.2 Å². The first-order chi connectivity index (χ1) is 11.0. The molecule has 2 rings (SSSR count). The zero-order chi connectivity index (χ0) is 17.0. The summed E-state index contributed by atoms with van der Waals surface area (Å²) in [7, 11) is 1.58. The lowest BCUT2D eigenvalue weighted by molar-refractivity contribution is 0.0763. The minimum Gasteiger partial charge on any atom is -0.395 e. The summed E-state index contributed by atoms with van der Waals surface area (Å²) in [5.74, 6) is -0.358. The number of hydrogen-bond donors (Lipinski definition) is 1. The lowest BCUT2D eigenvalue weighted by atomic mass is 10.1. The van der Waals surface area contributed by atoms with E-state index >= 15 is 0 Å². The number of aliphatic hydroxyl groups excluding tert-OH is 1. The second-order valence-electron chi connectivity index (χ2n) is 5.67. The molecule has 2 aromatic rings. The Hall–Kier alpha value is -2.40. The predicted molar refractivity (Wildman–Crippen MR) is 89.8 cm³/mol. The van der Waals surface area contributed by atoms with Crippen LogP contribution in [-0.2, 0) is 6.54 Å². The van der Waals surface area contributed by atoms with E-state index in [1.165, 1.54) is 4.90 Å². The van der Waals surface area contributed by atoms with E-state index in [0.717, 1.165) is 11.3 Å². The fourth-order valence-corrected chi connectivity index (χ4v) is 2.59. The van der Waals surface area contributed by atoms with Crippen molar-refractivity contribution in [3.05, 3.63) is 69.1 Å². The van der Waals surface area contributed by atoms with Gasteiger partial charge in [0, 0.05) is 19.3 Å². The first-order valence-electron chi connectivity index (χ1n) is 7.57. The maximum Gasteiger partial charge on any atom is 0.264 e. The highest BCUT2D eigenvalue weighted by molar-refractivity contribution is 5.95. The molecule has 0 aliphatic carbocycles. The van der Waals surface area contributed by atoms with Gasteiger partial charge >= 0.3 is 0 Å². The summed E-state index contributed by atoms with van der Waals surface area (Å²) in [4.78, 5) is 26.7. The van der Waals surface area contributed by atoms with E-state index in [2.05, 4.69) is 0 Å². The van der Waals surface area contributed by atoms with Crippen molar-refractivity contribution >= 4 is 5.91 Å². The number of aliphatic hydroxyl groups is 1. The van der Waals surface area contributed by atoms with Crippen LogP contribution in [0.5, 0.6) is 0 Å². The average molecular weight is 314 g/mol. The molecule has 0 radical (unpaired) electrons. The molecule has 122 valence electrons. The summed E-state index contributed by atoms with van der Waals surface area (Å²) < 4.78 is 1.61. The van der Waals surface area contributed by atoms with Gasteiger partial charge < -0.3 is 14.6 Å². The highest BCUT2D eigenvalue weighted by Gasteiger charge is 2.20. The standard InChI is InChI=1S/C18H22N2O3/c1-13-11-14(2)20(12-15-7-5-4-6-8-15)18(23)16(13)17(22)19(3)9-10-21/h4-8,11,21H,9-10,12H2,1-3H3. The lowest BCUT2D eigenvalue weighted by Gasteiger charge is -2.19. The normalized spacial score (nSPS) is 10.6. The monoisotopic (exact) mass is 314 g/mol. The Morgan fingerprint density at radius 1 is 1.22 bits per heavy atom. The van der Waals surface area contributed by atoms with E-state index in [4.69, 9.17) is 5.11 Å². The number of aromatic nitrogens is 1. The molecular weight excluding hydrogens is 292 g/mol. The van der Waals surface area contributed by atoms with Gasteiger partial charge in [-0.3, -0.25) is 9.59 Å². The van der Waals surface area contributed by atoms with Crippen LogP contribution in [0.3, 0.4) is 0 Å². The molecule has 5 nitrogen and oxygen atoms in total. The van der Waals surface area contributed by atoms with Crippen LogP contribution in [0.15, 0.2) is 41.2 Å². The van der Waals surface area contributed by atoms with Gasteiger partial charge in [0.15, 0.2) is 0 Å². The van der Waals surface area contributed by atoms with Crippen molar-refractivity contribution in [1.82, 2.24) is 9.47 Å². The molecule has 0 aliphatic heterocycles. The van der Waals surface area contributed by atoms with Crippen molar-refractivity contribution in [2.24, 2.45) is 0 Å². The number of carbonyl (C=O) groups is 1. The van der Waals surface area contributed by atoms with E-state index < -0.39 is 0 Å². The van der Waals surface area contributed by atoms with Gasteiger partial charge in [0.1, 0.15) is 5.56 Å². The second-order valence-corrected chi connectivity index (χ2v) is 5.67. The SMILES string of the molecule is Cc1cc(C)n(Cc2ccccc2)c(=O)c1C(=O)N(C)CCO. The van der Waals surface area contributed by atoms with Crippen LogP contribution in [0, 0.1) is 13.8 Å². The molecule has 0 atom stereocenters. The smallest absolute Gasteiger partial charge is 0.264 e. The zero-order valence-corrected chi connectivity index (χ0v) is 13.7. The number of likely N-dealkylation sites (N-methyl/N-ethyl adjacent to an activating group) is 1. The predicted octanol–water partition coefficient (Wildman–Crippen LogP) is 1.58. The Kier molecular flexibility index (Phi) is 5.34. The minimum atomic E-state index is -0.358. The summed E-state index contributed by atoms with van der Waals surface area (Å²) in [5.41, 5.74) is 2.36. The molecule has 1 aromatic carbocycles. The molecular formula is C18H22N2O3. The van der Waals surface area contributed by atoms with Crippen molar-refractivity contribution < 1.29 is 9.90 Å². The fourth-order valence-electron chi connectivity index (χ4n) is 2.59. The van der Waals surface area contributed by atoms with E-state index in [0.29, 0.717) is 12.1 Å². The van der Waals surface area contributed by atoms with Crippen LogP contribution in [0.4, 0.5) is 0 Å². The van der Waals surface area contributed by atoms with Crippen LogP contribution in [0.1, 0.15) is 27.2 Å². The summed E-state index contributed by atoms with van der Waals surface area (Å²) in [6.45, 7) is 4.12. The number of aryl methyl sites for hydroxylation is 2. The van der Waals surface area contributed by atoms with Crippen molar-refractivity contribution in [2.75, 3.05) is 20.2 Å². The second kappa shape index (κ2) is 7.24. The number of nitrogens with zero attached hydrogens (tertiary/aromatic N) is 2. The number of carbonyl (C=O) groups excluding carboxylic acids is 1. The summed E-state index contributed by atoms with van der Waals surface area (Å²) in [6.07, 6.45) is 0. The molecule has 0 aliphatic rings. The van der Waals surface area contributed by atoms with Gasteiger partial charge in [-0.05, 0) is 31.0 Å². The van der Waals surface area contributed by atoms with Crippen molar-refractivity contribution in [3.8, 4) is 0 Å². The van der Waals surface area contributed by atoms with Gasteiger partial charge in [0.2, 0.25) is 0 Å². The molecule has 0 fully saturated rings. The highest BCUT2D eigenvalue weighted by atomic mass is 16.3. The molecule has 0 saturated carbocycles. The van der Waals surface area contributed by atoms with Crippen LogP contribution in [-0.4, -0.2) is 40.7 Å². The zero-order valence-electron chi connectivity index (χ0n) is 13.7. The van der Waals surface area contributed by atoms with Gasteiger partial charge in [-0.15, -0.1) is 0 Å². The molecule has 0 unspecified atom stereocenters. The molecule has 0 saturated heterocycles. The summed E-state index contributed by atoms with van der Waals surface area (Å²) in [5, 5.41) is 8.99. The lowest BCUT2D eigenvalue weighted by Crippen LogP contribution is -2.37. The van der Waals surface area contributed by atoms with Gasteiger partial charge in [-0.1, -0.05) is 30.3 Å². The molecule has 5 heteroatoms. The van der Waals surface area contributed by atoms with Gasteiger partial charge in [-0.2, -0.15) is 0 Å². The molecule has 0 spiro atoms. The van der Waals surface area contributed by atoms with Gasteiger partial charge in [0.05, 0.1) is 13.2 Å². The number of hydrogen-bond acceptors (Lipinski definition) is 3. The number of pyridine rings is 1. The molecule has 1 N–H and O–H groups in total. The van der Waals surface area contributed by atoms with Crippen LogP contribution in [0.2, 0.25) is 0 Å². The van der Waals surface area contributed by atoms with Crippen LogP contribution >= 0.6 is 0 Å². The number of amides is 1. The Bertz CT molecular complexity index is 751. The van der Waals surface area contributed by atoms with Gasteiger partial charge in [0.25, 0.3) is 11.5 Å². The molecule has 1 amide bonds. The number of rotatable bonds is 5. The third-order valence-corrected chi connectivity index (χ3v) is 3.88. The van der Waals surface area contributed by atoms with Gasteiger partial charge in [-0.25, -0.2) is 0 Å². The molecule has 1 heterocycles. The Morgan fingerprint density at radius 3 is 2.48 bits per heavy atom. The third-order valence-electron chi connectivity index (χ3n) is 3.88. The minimum absolute atomic E-state index is 0.134. The maximum atomic E-state index is 12.8. The molecule has 0 bridgehead atoms. The average Bonchev–Trinajstić information content (AvgIpc) is 2.52. The van der Waals surface area contributed by atoms with E-state index in [1.807, 2.05) is 43.3 Å². The largest absolute Gasteiger partial charge is 0.395 e. The first kappa shape index (κ1) is 17.0. The molecule has 1 aromatic heterocycles. The third kappa shape index (κ3) is 3.68. The van der Waals surface area contributed by atoms with Crippen molar-refractivity contribution in [1.29, 1.82) is 0 Å². The summed E-state index contributed by atoms with van der Waals surface area (Å²) in [6, 6.07) is 11.5. The quantitative estimate of drug-likeness (QED) is 0.911. The number of benzene rings is 1. The van der Waals surface area contributed by atoms with E-state index in [1.54, 1.807) is 18.5 Å². The Labute approximate surface area is 135 Å². The Balaban J connectivity index is 2.47. The topological polar surface area (TPSA) is 62.5 Å². The van der Waals surface area contributed by atoms with Crippen LogP contribution < -0.4 is 5.56 Å². The first-order valence-corrected chi connectivity index (χ1v) is 7.57. The van der Waals surface area contributed by atoms with Crippen molar-refractivity contribution in [2.45, 2.75) is 20.4 Å². The van der Waals surface area contributed by atoms with E-state index in [9.17, 15) is 9.59 Å². The van der Waals surface area contributed by atoms with Crippen LogP contribution in [0.25, 0.3) is 0 Å². The fraction of sp³-hybridized carbons (Fsp3) is 0.333. The maximum absolute atomic E-state index is 12.8. The van der Waals surface area contributed by atoms with Crippen molar-refractivity contribution in [3.63, 3.8) is 0 Å². The highest BCUT2D eigenvalue weighted by Crippen LogP contribution is 2.11.